The molecule has 0 bridgehead atoms. The van der Waals surface area contributed by atoms with E-state index < -0.39 is 0 Å². The number of hydroxylamine groups is 1. The highest BCUT2D eigenvalue weighted by molar-refractivity contribution is 4.28. The third-order valence-corrected chi connectivity index (χ3v) is 0.593. The average Bonchev–Trinajstić information content (AvgIpc) is 1.72. The molecule has 0 radical (unpaired) electrons. The van der Waals surface area contributed by atoms with Crippen molar-refractivity contribution < 1.29 is 9.57 Å². The molecule has 0 atom stereocenters. The summed E-state index contributed by atoms with van der Waals surface area (Å²) in [5, 5.41) is 0. The van der Waals surface area contributed by atoms with Crippen LogP contribution >= 0.6 is 0 Å². The van der Waals surface area contributed by atoms with Crippen LogP contribution in [0.15, 0.2) is 0 Å². The zero-order valence-corrected chi connectivity index (χ0v) is 3.44. The third-order valence-electron chi connectivity index (χ3n) is 0.593. The van der Waals surface area contributed by atoms with Gasteiger partial charge in [0.05, 0.1) is 13.2 Å². The average molecular weight is 89.1 g/mol. The fraction of sp³-hybridized carbons (Fsp3) is 1.00. The van der Waals surface area contributed by atoms with Crippen LogP contribution in [-0.4, -0.2) is 19.9 Å². The van der Waals surface area contributed by atoms with Crippen molar-refractivity contribution in [3.63, 3.8) is 0 Å². The number of hydrogen-bond donors (Lipinski definition) is 1. The van der Waals surface area contributed by atoms with Crippen molar-refractivity contribution in [1.29, 1.82) is 0 Å². The van der Waals surface area contributed by atoms with E-state index in [4.69, 9.17) is 9.57 Å². The lowest BCUT2D eigenvalue weighted by Crippen LogP contribution is -2.27. The highest BCUT2D eigenvalue weighted by atomic mass is 16.7. The molecule has 3 nitrogen and oxygen atoms in total. The van der Waals surface area contributed by atoms with E-state index in [-0.39, 0.29) is 0 Å². The van der Waals surface area contributed by atoms with Crippen LogP contribution in [0.2, 0.25) is 0 Å². The van der Waals surface area contributed by atoms with Gasteiger partial charge in [-0.05, 0) is 0 Å². The van der Waals surface area contributed by atoms with Gasteiger partial charge in [0, 0.05) is 0 Å². The van der Waals surface area contributed by atoms with Crippen LogP contribution in [0.3, 0.4) is 0 Å². The minimum atomic E-state index is 0.528. The Hall–Kier alpha value is -0.120. The van der Waals surface area contributed by atoms with Crippen LogP contribution in [-0.2, 0) is 9.57 Å². The molecule has 6 heavy (non-hydrogen) atoms. The van der Waals surface area contributed by atoms with Gasteiger partial charge in [0.15, 0.2) is 0 Å². The smallest absolute Gasteiger partial charge is 0.119 e. The van der Waals surface area contributed by atoms with Crippen LogP contribution in [0.25, 0.3) is 0 Å². The van der Waals surface area contributed by atoms with Gasteiger partial charge in [-0.1, -0.05) is 0 Å². The summed E-state index contributed by atoms with van der Waals surface area (Å²) in [6.45, 7) is 1.91. The molecule has 3 heteroatoms. The molecule has 0 spiro atoms. The lowest BCUT2D eigenvalue weighted by Gasteiger charge is -2.10. The number of ether oxygens (including phenoxy) is 1. The van der Waals surface area contributed by atoms with Crippen molar-refractivity contribution in [1.82, 2.24) is 5.48 Å². The Kier molecular flexibility index (Phi) is 1.43. The Morgan fingerprint density at radius 1 is 1.33 bits per heavy atom. The normalized spacial score (nSPS) is 24.0. The Balaban J connectivity index is 2.00. The molecule has 0 saturated carbocycles. The topological polar surface area (TPSA) is 30.5 Å². The predicted octanol–water partition coefficient (Wildman–Crippen LogP) is -0.505. The Bertz CT molecular complexity index is 24.3. The molecule has 0 unspecified atom stereocenters. The Labute approximate surface area is 36.2 Å². The van der Waals surface area contributed by atoms with E-state index in [1.807, 2.05) is 0 Å². The lowest BCUT2D eigenvalue weighted by molar-refractivity contribution is -0.104. The van der Waals surface area contributed by atoms with Gasteiger partial charge in [-0.3, -0.25) is 4.84 Å². The fourth-order valence-electron chi connectivity index (χ4n) is 0.328. The minimum Gasteiger partial charge on any atom is -0.362 e. The van der Waals surface area contributed by atoms with E-state index in [0.717, 1.165) is 0 Å². The first-order valence-electron chi connectivity index (χ1n) is 1.92. The van der Waals surface area contributed by atoms with Crippen LogP contribution < -0.4 is 5.48 Å². The first-order valence-corrected chi connectivity index (χ1v) is 1.92. The summed E-state index contributed by atoms with van der Waals surface area (Å²) in [6, 6.07) is 0. The molecular weight excluding hydrogens is 82.0 g/mol. The van der Waals surface area contributed by atoms with E-state index in [1.165, 1.54) is 0 Å². The SMILES string of the molecule is C1CONCO1. The molecule has 0 aromatic rings. The van der Waals surface area contributed by atoms with Crippen molar-refractivity contribution >= 4 is 0 Å². The molecule has 36 valence electrons. The van der Waals surface area contributed by atoms with Crippen molar-refractivity contribution in [3.05, 3.63) is 0 Å². The molecule has 1 fully saturated rings. The van der Waals surface area contributed by atoms with Gasteiger partial charge in [-0.25, -0.2) is 0 Å². The number of rotatable bonds is 0. The second-order valence-corrected chi connectivity index (χ2v) is 1.05. The van der Waals surface area contributed by atoms with E-state index >= 15 is 0 Å². The first-order chi connectivity index (χ1) is 3.00. The van der Waals surface area contributed by atoms with E-state index in [2.05, 4.69) is 5.48 Å². The van der Waals surface area contributed by atoms with Crippen LogP contribution in [0.1, 0.15) is 0 Å². The van der Waals surface area contributed by atoms with Crippen molar-refractivity contribution in [2.45, 2.75) is 0 Å². The number of hydrogen-bond acceptors (Lipinski definition) is 3. The number of nitrogens with one attached hydrogen (secondary N) is 1. The first kappa shape index (κ1) is 4.05. The quantitative estimate of drug-likeness (QED) is 0.434. The van der Waals surface area contributed by atoms with Gasteiger partial charge < -0.3 is 4.74 Å². The van der Waals surface area contributed by atoms with Gasteiger partial charge in [0.25, 0.3) is 0 Å². The summed E-state index contributed by atoms with van der Waals surface area (Å²) in [6.07, 6.45) is 0. The van der Waals surface area contributed by atoms with Gasteiger partial charge in [0.2, 0.25) is 0 Å². The molecule has 1 aliphatic heterocycles. The van der Waals surface area contributed by atoms with E-state index in [9.17, 15) is 0 Å². The van der Waals surface area contributed by atoms with Gasteiger partial charge in [-0.2, -0.15) is 5.48 Å². The molecule has 1 aliphatic rings. The Morgan fingerprint density at radius 3 is 2.50 bits per heavy atom. The minimum absolute atomic E-state index is 0.528. The molecule has 0 aromatic heterocycles. The summed E-state index contributed by atoms with van der Waals surface area (Å²) in [5.74, 6) is 0. The zero-order chi connectivity index (χ0) is 4.24. The standard InChI is InChI=1S/C3H7NO2/c1-2-6-4-3-5-1/h4H,1-3H2. The maximum absolute atomic E-state index is 4.83. The monoisotopic (exact) mass is 89.0 g/mol. The van der Waals surface area contributed by atoms with Crippen molar-refractivity contribution in [3.8, 4) is 0 Å². The molecule has 1 saturated heterocycles. The molecular formula is C3H7NO2. The van der Waals surface area contributed by atoms with Crippen molar-refractivity contribution in [2.24, 2.45) is 0 Å². The van der Waals surface area contributed by atoms with Crippen LogP contribution in [0, 0.1) is 0 Å². The molecule has 1 heterocycles. The van der Waals surface area contributed by atoms with Gasteiger partial charge in [0.1, 0.15) is 6.73 Å². The largest absolute Gasteiger partial charge is 0.362 e. The van der Waals surface area contributed by atoms with Gasteiger partial charge >= 0.3 is 0 Å². The molecule has 0 aromatic carbocycles. The molecule has 0 amide bonds. The molecule has 1 rings (SSSR count). The Morgan fingerprint density at radius 2 is 2.33 bits per heavy atom. The maximum atomic E-state index is 4.83. The van der Waals surface area contributed by atoms with Gasteiger partial charge in [-0.15, -0.1) is 0 Å². The molecule has 1 N–H and O–H groups in total. The summed E-state index contributed by atoms with van der Waals surface area (Å²) in [4.78, 5) is 4.69. The predicted molar refractivity (Wildman–Crippen MR) is 19.9 cm³/mol. The molecule has 0 aliphatic carbocycles. The highest BCUT2D eigenvalue weighted by Gasteiger charge is 1.93. The highest BCUT2D eigenvalue weighted by Crippen LogP contribution is 1.78. The maximum Gasteiger partial charge on any atom is 0.119 e. The van der Waals surface area contributed by atoms with E-state index in [1.54, 1.807) is 0 Å². The second-order valence-electron chi connectivity index (χ2n) is 1.05. The lowest BCUT2D eigenvalue weighted by atomic mass is 10.8. The summed E-state index contributed by atoms with van der Waals surface area (Å²) >= 11 is 0. The second kappa shape index (κ2) is 2.12. The summed E-state index contributed by atoms with van der Waals surface area (Å²) in [7, 11) is 0. The van der Waals surface area contributed by atoms with E-state index in [0.29, 0.717) is 19.9 Å². The van der Waals surface area contributed by atoms with Crippen LogP contribution in [0.4, 0.5) is 0 Å². The zero-order valence-electron chi connectivity index (χ0n) is 3.44. The summed E-state index contributed by atoms with van der Waals surface area (Å²) in [5.41, 5.74) is 2.56. The third kappa shape index (κ3) is 0.931. The fourth-order valence-corrected chi connectivity index (χ4v) is 0.328. The van der Waals surface area contributed by atoms with Crippen molar-refractivity contribution in [2.75, 3.05) is 19.9 Å². The summed E-state index contributed by atoms with van der Waals surface area (Å²) < 4.78 is 4.83. The van der Waals surface area contributed by atoms with Crippen LogP contribution in [0.5, 0.6) is 0 Å².